The molecule has 1 N–H and O–H groups in total. The highest BCUT2D eigenvalue weighted by Gasteiger charge is 2.15. The summed E-state index contributed by atoms with van der Waals surface area (Å²) in [4.78, 5) is 4.98. The van der Waals surface area contributed by atoms with Crippen molar-refractivity contribution in [3.05, 3.63) is 121 Å². The van der Waals surface area contributed by atoms with Crippen LogP contribution in [0.3, 0.4) is 0 Å². The van der Waals surface area contributed by atoms with E-state index in [1.807, 2.05) is 60.7 Å². The normalized spacial score (nSPS) is 11.9. The van der Waals surface area contributed by atoms with Gasteiger partial charge in [-0.05, 0) is 41.0 Å². The molecule has 4 aromatic carbocycles. The van der Waals surface area contributed by atoms with E-state index in [4.69, 9.17) is 9.72 Å². The van der Waals surface area contributed by atoms with Crippen molar-refractivity contribution in [2.45, 2.75) is 12.5 Å². The first-order valence-corrected chi connectivity index (χ1v) is 11.2. The second-order valence-corrected chi connectivity index (χ2v) is 8.08. The first-order valence-electron chi connectivity index (χ1n) is 11.2. The molecular weight excluding hydrogens is 406 g/mol. The van der Waals surface area contributed by atoms with E-state index in [1.54, 1.807) is 0 Å². The van der Waals surface area contributed by atoms with Crippen LogP contribution in [0.4, 0.5) is 0 Å². The molecule has 3 nitrogen and oxygen atoms in total. The Morgan fingerprint density at radius 1 is 0.697 bits per heavy atom. The van der Waals surface area contributed by atoms with Gasteiger partial charge < -0.3 is 9.84 Å². The minimum absolute atomic E-state index is 0.235. The summed E-state index contributed by atoms with van der Waals surface area (Å²) in [6, 6.07) is 38.5. The first-order chi connectivity index (χ1) is 16.3. The molecule has 0 aliphatic carbocycles. The summed E-state index contributed by atoms with van der Waals surface area (Å²) in [7, 11) is 0. The van der Waals surface area contributed by atoms with Crippen LogP contribution in [0.1, 0.15) is 5.56 Å². The van der Waals surface area contributed by atoms with Crippen molar-refractivity contribution < 1.29 is 9.84 Å². The number of nitrogens with zero attached hydrogens (tertiary/aromatic N) is 1. The van der Waals surface area contributed by atoms with Gasteiger partial charge in [0.05, 0.1) is 17.3 Å². The number of fused-ring (bicyclic) bond motifs is 1. The number of ether oxygens (including phenoxy) is 1. The van der Waals surface area contributed by atoms with E-state index in [0.29, 0.717) is 6.42 Å². The fourth-order valence-electron chi connectivity index (χ4n) is 4.14. The first kappa shape index (κ1) is 20.9. The maximum atomic E-state index is 10.7. The van der Waals surface area contributed by atoms with E-state index < -0.39 is 6.10 Å². The highest BCUT2D eigenvalue weighted by Crippen LogP contribution is 2.33. The minimum atomic E-state index is -0.625. The summed E-state index contributed by atoms with van der Waals surface area (Å²) in [5.41, 5.74) is 6.24. The van der Waals surface area contributed by atoms with E-state index in [1.165, 1.54) is 0 Å². The summed E-state index contributed by atoms with van der Waals surface area (Å²) in [5, 5.41) is 11.8. The Kier molecular flexibility index (Phi) is 6.14. The molecule has 1 atom stereocenters. The molecule has 0 fully saturated rings. The van der Waals surface area contributed by atoms with Gasteiger partial charge in [0.15, 0.2) is 0 Å². The minimum Gasteiger partial charge on any atom is -0.491 e. The van der Waals surface area contributed by atoms with Gasteiger partial charge in [0, 0.05) is 17.4 Å². The molecule has 3 heteroatoms. The number of hydrogen-bond donors (Lipinski definition) is 1. The zero-order chi connectivity index (χ0) is 22.5. The van der Waals surface area contributed by atoms with Crippen molar-refractivity contribution in [3.63, 3.8) is 0 Å². The van der Waals surface area contributed by atoms with Crippen LogP contribution in [0, 0.1) is 0 Å². The summed E-state index contributed by atoms with van der Waals surface area (Å²) in [6.07, 6.45) is -0.140. The summed E-state index contributed by atoms with van der Waals surface area (Å²) >= 11 is 0. The Labute approximate surface area is 194 Å². The molecule has 0 amide bonds. The number of aliphatic hydroxyl groups is 1. The average molecular weight is 432 g/mol. The molecule has 0 bridgehead atoms. The maximum absolute atomic E-state index is 10.7. The van der Waals surface area contributed by atoms with E-state index in [0.717, 1.165) is 44.6 Å². The molecule has 5 aromatic rings. The smallest absolute Gasteiger partial charge is 0.119 e. The number of rotatable bonds is 7. The van der Waals surface area contributed by atoms with Gasteiger partial charge in [-0.2, -0.15) is 0 Å². The van der Waals surface area contributed by atoms with E-state index in [9.17, 15) is 5.11 Å². The summed E-state index contributed by atoms with van der Waals surface area (Å²) < 4.78 is 5.75. The Morgan fingerprint density at radius 2 is 1.36 bits per heavy atom. The van der Waals surface area contributed by atoms with E-state index >= 15 is 0 Å². The van der Waals surface area contributed by atoms with Gasteiger partial charge in [-0.1, -0.05) is 91.0 Å². The van der Waals surface area contributed by atoms with E-state index in [2.05, 4.69) is 54.6 Å². The Morgan fingerprint density at radius 3 is 2.18 bits per heavy atom. The summed E-state index contributed by atoms with van der Waals surface area (Å²) in [5.74, 6) is 0.758. The zero-order valence-electron chi connectivity index (χ0n) is 18.3. The largest absolute Gasteiger partial charge is 0.491 e. The van der Waals surface area contributed by atoms with Crippen molar-refractivity contribution in [3.8, 4) is 28.1 Å². The predicted octanol–water partition coefficient (Wildman–Crippen LogP) is 6.55. The van der Waals surface area contributed by atoms with Crippen molar-refractivity contribution >= 4 is 10.9 Å². The topological polar surface area (TPSA) is 42.4 Å². The van der Waals surface area contributed by atoms with Gasteiger partial charge in [0.2, 0.25) is 0 Å². The Hall–Kier alpha value is -3.95. The molecule has 0 aliphatic heterocycles. The lowest BCUT2D eigenvalue weighted by Gasteiger charge is -2.16. The lowest BCUT2D eigenvalue weighted by atomic mass is 9.95. The molecule has 1 aromatic heterocycles. The third kappa shape index (κ3) is 4.79. The Bertz CT molecular complexity index is 1350. The number of hydrogen-bond acceptors (Lipinski definition) is 3. The highest BCUT2D eigenvalue weighted by atomic mass is 16.5. The highest BCUT2D eigenvalue weighted by molar-refractivity contribution is 5.96. The average Bonchev–Trinajstić information content (AvgIpc) is 2.88. The number of para-hydroxylation sites is 2. The molecule has 0 radical (unpaired) electrons. The van der Waals surface area contributed by atoms with Gasteiger partial charge in [-0.15, -0.1) is 0 Å². The monoisotopic (exact) mass is 431 g/mol. The van der Waals surface area contributed by atoms with Crippen molar-refractivity contribution in [1.82, 2.24) is 4.98 Å². The fourth-order valence-corrected chi connectivity index (χ4v) is 4.14. The lowest BCUT2D eigenvalue weighted by Crippen LogP contribution is -2.20. The maximum Gasteiger partial charge on any atom is 0.119 e. The second-order valence-electron chi connectivity index (χ2n) is 8.08. The molecule has 1 unspecified atom stereocenters. The Balaban J connectivity index is 1.48. The zero-order valence-corrected chi connectivity index (χ0v) is 18.3. The third-order valence-corrected chi connectivity index (χ3v) is 5.74. The van der Waals surface area contributed by atoms with Gasteiger partial charge in [0.1, 0.15) is 12.4 Å². The van der Waals surface area contributed by atoms with Crippen LogP contribution in [0.25, 0.3) is 33.3 Å². The fraction of sp³-hybridized carbons (Fsp3) is 0.100. The van der Waals surface area contributed by atoms with Crippen LogP contribution in [-0.4, -0.2) is 22.8 Å². The van der Waals surface area contributed by atoms with Crippen LogP contribution in [-0.2, 0) is 6.42 Å². The van der Waals surface area contributed by atoms with Gasteiger partial charge in [-0.3, -0.25) is 0 Å². The van der Waals surface area contributed by atoms with Crippen molar-refractivity contribution in [1.29, 1.82) is 0 Å². The number of aromatic nitrogens is 1. The van der Waals surface area contributed by atoms with E-state index in [-0.39, 0.29) is 6.61 Å². The van der Waals surface area contributed by atoms with Crippen LogP contribution < -0.4 is 4.74 Å². The second kappa shape index (κ2) is 9.68. The predicted molar refractivity (Wildman–Crippen MR) is 134 cm³/mol. The molecule has 0 saturated carbocycles. The molecule has 0 spiro atoms. The molecule has 1 heterocycles. The number of aliphatic hydroxyl groups excluding tert-OH is 1. The lowest BCUT2D eigenvalue weighted by molar-refractivity contribution is 0.108. The van der Waals surface area contributed by atoms with Crippen LogP contribution in [0.2, 0.25) is 0 Å². The standard InChI is InChI=1S/C30H25NO2/c32-24(21-33-25-14-5-2-6-15-25)19-23-13-7-8-16-26(23)30-20-28(22-11-3-1-4-12-22)27-17-9-10-18-29(27)31-30/h1-18,20,24,32H,19,21H2. The van der Waals surface area contributed by atoms with Crippen molar-refractivity contribution in [2.24, 2.45) is 0 Å². The van der Waals surface area contributed by atoms with Crippen LogP contribution in [0.15, 0.2) is 115 Å². The molecule has 162 valence electrons. The number of pyridine rings is 1. The molecule has 33 heavy (non-hydrogen) atoms. The number of benzene rings is 4. The van der Waals surface area contributed by atoms with Crippen molar-refractivity contribution in [2.75, 3.05) is 6.61 Å². The molecule has 0 aliphatic rings. The summed E-state index contributed by atoms with van der Waals surface area (Å²) in [6.45, 7) is 0.235. The molecule has 0 saturated heterocycles. The SMILES string of the molecule is OC(COc1ccccc1)Cc1ccccc1-c1cc(-c2ccccc2)c2ccccc2n1. The van der Waals surface area contributed by atoms with Crippen LogP contribution >= 0.6 is 0 Å². The quantitative estimate of drug-likeness (QED) is 0.318. The van der Waals surface area contributed by atoms with Gasteiger partial charge in [-0.25, -0.2) is 4.98 Å². The third-order valence-electron chi connectivity index (χ3n) is 5.74. The van der Waals surface area contributed by atoms with Crippen LogP contribution in [0.5, 0.6) is 5.75 Å². The molecular formula is C30H25NO2. The van der Waals surface area contributed by atoms with Gasteiger partial charge >= 0.3 is 0 Å². The molecule has 5 rings (SSSR count). The van der Waals surface area contributed by atoms with Gasteiger partial charge in [0.25, 0.3) is 0 Å².